The van der Waals surface area contributed by atoms with Gasteiger partial charge in [-0.05, 0) is 18.6 Å². The van der Waals surface area contributed by atoms with Gasteiger partial charge in [-0.3, -0.25) is 9.59 Å². The molecule has 0 aromatic heterocycles. The first-order valence-electron chi connectivity index (χ1n) is 12.1. The molecule has 5 nitrogen and oxygen atoms in total. The molecule has 1 aliphatic carbocycles. The zero-order valence-electron chi connectivity index (χ0n) is 18.8. The Kier molecular flexibility index (Phi) is 11.2. The Morgan fingerprint density at radius 3 is 2.20 bits per heavy atom. The summed E-state index contributed by atoms with van der Waals surface area (Å²) in [6, 6.07) is -0.237. The molecule has 2 atom stereocenters. The van der Waals surface area contributed by atoms with E-state index in [1.54, 1.807) is 0 Å². The number of carbonyl (C=O) groups is 2. The lowest BCUT2D eigenvalue weighted by molar-refractivity contribution is -0.124. The highest BCUT2D eigenvalue weighted by molar-refractivity contribution is 6.01. The molecule has 2 rings (SSSR count). The molecule has 0 unspecified atom stereocenters. The Hall–Kier alpha value is -1.62. The van der Waals surface area contributed by atoms with Crippen molar-refractivity contribution in [3.05, 3.63) is 24.0 Å². The van der Waals surface area contributed by atoms with E-state index < -0.39 is 5.60 Å². The summed E-state index contributed by atoms with van der Waals surface area (Å²) in [5.41, 5.74) is -1.28. The van der Waals surface area contributed by atoms with E-state index in [1.165, 1.54) is 88.9 Å². The van der Waals surface area contributed by atoms with Crippen molar-refractivity contribution in [1.29, 1.82) is 0 Å². The number of allylic oxidation sites excluding steroid dienone is 2. The summed E-state index contributed by atoms with van der Waals surface area (Å²) >= 11 is 0. The van der Waals surface area contributed by atoms with Gasteiger partial charge in [0, 0.05) is 18.9 Å². The van der Waals surface area contributed by atoms with Crippen LogP contribution in [-0.2, 0) is 14.3 Å². The third-order valence-corrected chi connectivity index (χ3v) is 6.09. The van der Waals surface area contributed by atoms with Crippen molar-refractivity contribution in [2.45, 2.75) is 115 Å². The number of aliphatic hydroxyl groups is 1. The van der Waals surface area contributed by atoms with Crippen molar-refractivity contribution < 1.29 is 19.4 Å². The summed E-state index contributed by atoms with van der Waals surface area (Å²) in [5.74, 6) is 0.120. The summed E-state index contributed by atoms with van der Waals surface area (Å²) in [7, 11) is 0. The predicted octanol–water partition coefficient (Wildman–Crippen LogP) is 5.13. The molecule has 30 heavy (non-hydrogen) atoms. The minimum absolute atomic E-state index is 0.0126. The minimum atomic E-state index is -1.28. The van der Waals surface area contributed by atoms with Gasteiger partial charge in [0.05, 0.1) is 6.04 Å². The molecule has 2 N–H and O–H groups in total. The average molecular weight is 420 g/mol. The first kappa shape index (κ1) is 24.6. The Morgan fingerprint density at radius 1 is 1.03 bits per heavy atom. The second kappa shape index (κ2) is 13.6. The van der Waals surface area contributed by atoms with Crippen molar-refractivity contribution in [3.63, 3.8) is 0 Å². The van der Waals surface area contributed by atoms with Gasteiger partial charge >= 0.3 is 0 Å². The van der Waals surface area contributed by atoms with Crippen LogP contribution in [0.25, 0.3) is 0 Å². The van der Waals surface area contributed by atoms with Crippen molar-refractivity contribution in [2.75, 3.05) is 6.61 Å². The molecule has 170 valence electrons. The Labute approximate surface area is 182 Å². The number of unbranched alkanes of at least 4 members (excludes halogenated alkanes) is 12. The van der Waals surface area contributed by atoms with Crippen LogP contribution in [0.4, 0.5) is 0 Å². The quantitative estimate of drug-likeness (QED) is 0.361. The normalized spacial score (nSPS) is 22.9. The van der Waals surface area contributed by atoms with Crippen molar-refractivity contribution >= 4 is 11.7 Å². The fourth-order valence-corrected chi connectivity index (χ4v) is 4.26. The molecular formula is C25H41NO4. The van der Waals surface area contributed by atoms with Gasteiger partial charge in [0.2, 0.25) is 5.91 Å². The third-order valence-electron chi connectivity index (χ3n) is 6.09. The van der Waals surface area contributed by atoms with E-state index in [1.807, 2.05) is 0 Å². The van der Waals surface area contributed by atoms with Crippen LogP contribution in [0.2, 0.25) is 0 Å². The van der Waals surface area contributed by atoms with E-state index in [4.69, 9.17) is 4.74 Å². The molecule has 1 heterocycles. The molecule has 0 radical (unpaired) electrons. The van der Waals surface area contributed by atoms with Crippen LogP contribution in [-0.4, -0.2) is 35.0 Å². The van der Waals surface area contributed by atoms with Gasteiger partial charge in [-0.2, -0.15) is 0 Å². The monoisotopic (exact) mass is 419 g/mol. The van der Waals surface area contributed by atoms with E-state index >= 15 is 0 Å². The van der Waals surface area contributed by atoms with Crippen molar-refractivity contribution in [2.24, 2.45) is 0 Å². The maximum absolute atomic E-state index is 12.2. The first-order valence-corrected chi connectivity index (χ1v) is 12.1. The number of carbonyl (C=O) groups excluding carboxylic acids is 2. The Balaban J connectivity index is 1.44. The molecule has 1 amide bonds. The lowest BCUT2D eigenvalue weighted by Crippen LogP contribution is -2.50. The second-order valence-corrected chi connectivity index (χ2v) is 8.94. The summed E-state index contributed by atoms with van der Waals surface area (Å²) in [6.45, 7) is 2.55. The fraction of sp³-hybridized carbons (Fsp3) is 0.760. The van der Waals surface area contributed by atoms with E-state index in [9.17, 15) is 14.7 Å². The smallest absolute Gasteiger partial charge is 0.220 e. The van der Waals surface area contributed by atoms with Crippen LogP contribution in [0.15, 0.2) is 24.0 Å². The van der Waals surface area contributed by atoms with Gasteiger partial charge in [0.25, 0.3) is 0 Å². The standard InChI is InChI=1S/C25H41NO4/c1-2-3-4-5-6-7-8-9-10-11-12-13-14-15-24(28)26-21-19-25(29)17-16-22(27)18-23(25)30-20-21/h16-18,21,29H,2-15,19-20H2,1H3,(H,26,28)/t21-,25+/m0/s1. The molecule has 5 heteroatoms. The second-order valence-electron chi connectivity index (χ2n) is 8.94. The Morgan fingerprint density at radius 2 is 1.60 bits per heavy atom. The van der Waals surface area contributed by atoms with E-state index in [0.29, 0.717) is 19.4 Å². The maximum Gasteiger partial charge on any atom is 0.220 e. The van der Waals surface area contributed by atoms with Gasteiger partial charge < -0.3 is 15.2 Å². The molecule has 1 fully saturated rings. The lowest BCUT2D eigenvalue weighted by atomic mass is 9.86. The van der Waals surface area contributed by atoms with Crippen LogP contribution in [0.1, 0.15) is 103 Å². The number of rotatable bonds is 15. The third kappa shape index (κ3) is 9.03. The average Bonchev–Trinajstić information content (AvgIpc) is 2.72. The first-order chi connectivity index (χ1) is 14.5. The Bertz CT molecular complexity index is 598. The number of hydrogen-bond acceptors (Lipinski definition) is 4. The molecule has 0 aromatic carbocycles. The lowest BCUT2D eigenvalue weighted by Gasteiger charge is -2.38. The molecule has 0 aromatic rings. The maximum atomic E-state index is 12.2. The topological polar surface area (TPSA) is 75.6 Å². The van der Waals surface area contributed by atoms with Crippen LogP contribution in [0.3, 0.4) is 0 Å². The molecule has 1 saturated heterocycles. The van der Waals surface area contributed by atoms with E-state index in [0.717, 1.165) is 12.8 Å². The molecule has 1 aliphatic heterocycles. The highest BCUT2D eigenvalue weighted by atomic mass is 16.5. The molecule has 2 aliphatic rings. The molecule has 0 saturated carbocycles. The highest BCUT2D eigenvalue weighted by Crippen LogP contribution is 2.32. The van der Waals surface area contributed by atoms with E-state index in [2.05, 4.69) is 12.2 Å². The number of fused-ring (bicyclic) bond motifs is 1. The van der Waals surface area contributed by atoms with Gasteiger partial charge in [-0.15, -0.1) is 0 Å². The van der Waals surface area contributed by atoms with Gasteiger partial charge in [-0.1, -0.05) is 84.0 Å². The number of ketones is 1. The predicted molar refractivity (Wildman–Crippen MR) is 120 cm³/mol. The zero-order valence-corrected chi connectivity index (χ0v) is 18.8. The highest BCUT2D eigenvalue weighted by Gasteiger charge is 2.40. The summed E-state index contributed by atoms with van der Waals surface area (Å²) in [6.07, 6.45) is 21.8. The summed E-state index contributed by atoms with van der Waals surface area (Å²) in [5, 5.41) is 13.6. The van der Waals surface area contributed by atoms with Gasteiger partial charge in [0.15, 0.2) is 5.78 Å². The molecule has 0 bridgehead atoms. The number of ether oxygens (including phenoxy) is 1. The largest absolute Gasteiger partial charge is 0.492 e. The number of hydrogen-bond donors (Lipinski definition) is 2. The van der Waals surface area contributed by atoms with Gasteiger partial charge in [0.1, 0.15) is 18.0 Å². The van der Waals surface area contributed by atoms with Crippen LogP contribution in [0, 0.1) is 0 Å². The van der Waals surface area contributed by atoms with Crippen LogP contribution >= 0.6 is 0 Å². The molecule has 0 spiro atoms. The summed E-state index contributed by atoms with van der Waals surface area (Å²) < 4.78 is 5.52. The van der Waals surface area contributed by atoms with Gasteiger partial charge in [-0.25, -0.2) is 0 Å². The summed E-state index contributed by atoms with van der Waals surface area (Å²) in [4.78, 5) is 23.6. The SMILES string of the molecule is CCCCCCCCCCCCCCCC(=O)N[C@@H]1COC2=CC(=O)C=C[C@@]2(O)C1. The van der Waals surface area contributed by atoms with Crippen molar-refractivity contribution in [3.8, 4) is 0 Å². The number of nitrogens with one attached hydrogen (secondary N) is 1. The zero-order chi connectivity index (χ0) is 21.7. The minimum Gasteiger partial charge on any atom is -0.492 e. The van der Waals surface area contributed by atoms with Crippen molar-refractivity contribution in [1.82, 2.24) is 5.32 Å². The fourth-order valence-electron chi connectivity index (χ4n) is 4.26. The number of amides is 1. The van der Waals surface area contributed by atoms with Crippen LogP contribution < -0.4 is 5.32 Å². The molecular weight excluding hydrogens is 378 g/mol. The van der Waals surface area contributed by atoms with Crippen LogP contribution in [0.5, 0.6) is 0 Å². The van der Waals surface area contributed by atoms with E-state index in [-0.39, 0.29) is 23.5 Å².